The van der Waals surface area contributed by atoms with Gasteiger partial charge in [-0.2, -0.15) is 0 Å². The molecular weight excluding hydrogens is 364 g/mol. The average Bonchev–Trinajstić information content (AvgIpc) is 2.85. The molecule has 1 aromatic carbocycles. The third-order valence-electron chi connectivity index (χ3n) is 4.34. The number of nitrogens with zero attached hydrogens (tertiary/aromatic N) is 1. The van der Waals surface area contributed by atoms with E-state index in [9.17, 15) is 4.79 Å². The molecule has 0 unspecified atom stereocenters. The molecule has 118 valence electrons. The first kappa shape index (κ1) is 15.9. The van der Waals surface area contributed by atoms with Gasteiger partial charge in [-0.25, -0.2) is 0 Å². The molecule has 1 atom stereocenters. The number of H-pyrrole nitrogens is 1. The normalized spacial score (nSPS) is 18.0. The number of nitrogens with one attached hydrogen (secondary N) is 1. The molecule has 0 spiro atoms. The number of hydrogen-bond donors (Lipinski definition) is 1. The van der Waals surface area contributed by atoms with Gasteiger partial charge in [0.1, 0.15) is 5.88 Å². The summed E-state index contributed by atoms with van der Waals surface area (Å²) in [5.74, 6) is 0.591. The van der Waals surface area contributed by atoms with E-state index in [4.69, 9.17) is 11.6 Å². The molecule has 5 heteroatoms. The summed E-state index contributed by atoms with van der Waals surface area (Å²) in [6, 6.07) is 6.40. The van der Waals surface area contributed by atoms with Crippen LogP contribution in [0.3, 0.4) is 0 Å². The van der Waals surface area contributed by atoms with Crippen LogP contribution in [0.5, 0.6) is 0 Å². The Labute approximate surface area is 144 Å². The molecule has 1 aliphatic heterocycles. The van der Waals surface area contributed by atoms with E-state index in [0.717, 1.165) is 29.4 Å². The summed E-state index contributed by atoms with van der Waals surface area (Å²) in [5.41, 5.74) is 3.68. The molecule has 2 heterocycles. The number of alkyl halides is 1. The second-order valence-electron chi connectivity index (χ2n) is 6.32. The predicted octanol–water partition coefficient (Wildman–Crippen LogP) is 4.64. The molecular formula is C17H20BrClN2O. The van der Waals surface area contributed by atoms with Crippen molar-refractivity contribution in [2.45, 2.75) is 32.7 Å². The van der Waals surface area contributed by atoms with Gasteiger partial charge in [0.05, 0.1) is 6.04 Å². The van der Waals surface area contributed by atoms with Crippen molar-refractivity contribution in [1.29, 1.82) is 0 Å². The zero-order valence-electron chi connectivity index (χ0n) is 12.8. The maximum absolute atomic E-state index is 12.2. The summed E-state index contributed by atoms with van der Waals surface area (Å²) in [6.45, 7) is 5.13. The van der Waals surface area contributed by atoms with Crippen LogP contribution < -0.4 is 0 Å². The van der Waals surface area contributed by atoms with Gasteiger partial charge in [0, 0.05) is 27.6 Å². The number of carbonyl (C=O) groups is 1. The minimum Gasteiger partial charge on any atom is -0.356 e. The molecule has 0 saturated heterocycles. The summed E-state index contributed by atoms with van der Waals surface area (Å²) < 4.78 is 1.08. The Hall–Kier alpha value is -1.00. The lowest BCUT2D eigenvalue weighted by Gasteiger charge is -2.36. The number of benzene rings is 1. The Kier molecular flexibility index (Phi) is 4.51. The molecule has 0 fully saturated rings. The van der Waals surface area contributed by atoms with Crippen molar-refractivity contribution in [3.05, 3.63) is 33.9 Å². The van der Waals surface area contributed by atoms with Crippen molar-refractivity contribution in [3.63, 3.8) is 0 Å². The third kappa shape index (κ3) is 2.79. The number of aromatic nitrogens is 1. The summed E-state index contributed by atoms with van der Waals surface area (Å²) in [7, 11) is 0. The second kappa shape index (κ2) is 6.25. The van der Waals surface area contributed by atoms with Crippen molar-refractivity contribution in [2.75, 3.05) is 12.4 Å². The first-order chi connectivity index (χ1) is 10.5. The van der Waals surface area contributed by atoms with Crippen LogP contribution >= 0.6 is 27.5 Å². The molecule has 1 aliphatic rings. The monoisotopic (exact) mass is 382 g/mol. The van der Waals surface area contributed by atoms with Gasteiger partial charge in [-0.3, -0.25) is 4.79 Å². The highest BCUT2D eigenvalue weighted by Gasteiger charge is 2.33. The van der Waals surface area contributed by atoms with E-state index >= 15 is 0 Å². The average molecular weight is 384 g/mol. The largest absolute Gasteiger partial charge is 0.356 e. The molecule has 1 amide bonds. The third-order valence-corrected chi connectivity index (χ3v) is 5.06. The van der Waals surface area contributed by atoms with Gasteiger partial charge < -0.3 is 9.88 Å². The van der Waals surface area contributed by atoms with Crippen LogP contribution in [0.4, 0.5) is 0 Å². The van der Waals surface area contributed by atoms with Crippen molar-refractivity contribution in [1.82, 2.24) is 9.88 Å². The summed E-state index contributed by atoms with van der Waals surface area (Å²) >= 11 is 9.36. The van der Waals surface area contributed by atoms with E-state index < -0.39 is 0 Å². The van der Waals surface area contributed by atoms with Crippen molar-refractivity contribution < 1.29 is 4.79 Å². The molecule has 1 aromatic heterocycles. The molecule has 3 nitrogen and oxygen atoms in total. The van der Waals surface area contributed by atoms with E-state index in [1.54, 1.807) is 0 Å². The lowest BCUT2D eigenvalue weighted by atomic mass is 9.91. The summed E-state index contributed by atoms with van der Waals surface area (Å²) in [4.78, 5) is 17.7. The lowest BCUT2D eigenvalue weighted by Crippen LogP contribution is -2.41. The van der Waals surface area contributed by atoms with E-state index in [0.29, 0.717) is 5.92 Å². The predicted molar refractivity (Wildman–Crippen MR) is 94.3 cm³/mol. The number of halogens is 2. The summed E-state index contributed by atoms with van der Waals surface area (Å²) in [5, 5.41) is 1.26. The van der Waals surface area contributed by atoms with Gasteiger partial charge in [-0.05, 0) is 42.5 Å². The van der Waals surface area contributed by atoms with Gasteiger partial charge in [-0.1, -0.05) is 29.8 Å². The highest BCUT2D eigenvalue weighted by molar-refractivity contribution is 9.10. The lowest BCUT2D eigenvalue weighted by molar-refractivity contribution is -0.131. The zero-order chi connectivity index (χ0) is 15.9. The molecule has 0 saturated carbocycles. The van der Waals surface area contributed by atoms with E-state index in [1.807, 2.05) is 11.0 Å². The highest BCUT2D eigenvalue weighted by Crippen LogP contribution is 2.38. The number of aromatic amines is 1. The Balaban J connectivity index is 2.10. The number of rotatable bonds is 3. The number of hydrogen-bond acceptors (Lipinski definition) is 1. The quantitative estimate of drug-likeness (QED) is 0.770. The minimum absolute atomic E-state index is 0.0257. The molecule has 0 bridgehead atoms. The standard InChI is InChI=1S/C17H20BrClN2O/c1-10(2)7-15-17-12(5-6-21(15)16(22)9-19)13-8-11(18)3-4-14(13)20-17/h3-4,8,10,15,20H,5-7,9H2,1-2H3/t15-/m0/s1. The van der Waals surface area contributed by atoms with Crippen molar-refractivity contribution in [2.24, 2.45) is 5.92 Å². The van der Waals surface area contributed by atoms with Crippen molar-refractivity contribution in [3.8, 4) is 0 Å². The Morgan fingerprint density at radius 2 is 2.27 bits per heavy atom. The Bertz CT molecular complexity index is 710. The molecule has 2 aromatic rings. The Morgan fingerprint density at radius 3 is 2.95 bits per heavy atom. The van der Waals surface area contributed by atoms with Gasteiger partial charge in [-0.15, -0.1) is 11.6 Å². The van der Waals surface area contributed by atoms with Gasteiger partial charge in [0.15, 0.2) is 0 Å². The van der Waals surface area contributed by atoms with Crippen LogP contribution in [0.2, 0.25) is 0 Å². The fraction of sp³-hybridized carbons (Fsp3) is 0.471. The molecule has 22 heavy (non-hydrogen) atoms. The second-order valence-corrected chi connectivity index (χ2v) is 7.51. The Morgan fingerprint density at radius 1 is 1.50 bits per heavy atom. The van der Waals surface area contributed by atoms with Crippen LogP contribution in [-0.2, 0) is 11.2 Å². The van der Waals surface area contributed by atoms with E-state index in [2.05, 4.69) is 46.9 Å². The summed E-state index contributed by atoms with van der Waals surface area (Å²) in [6.07, 6.45) is 1.83. The fourth-order valence-corrected chi connectivity index (χ4v) is 3.92. The van der Waals surface area contributed by atoms with Crippen molar-refractivity contribution >= 4 is 44.3 Å². The smallest absolute Gasteiger partial charge is 0.238 e. The van der Waals surface area contributed by atoms with E-state index in [1.165, 1.54) is 16.6 Å². The highest BCUT2D eigenvalue weighted by atomic mass is 79.9. The maximum atomic E-state index is 12.2. The van der Waals surface area contributed by atoms with Gasteiger partial charge in [0.2, 0.25) is 5.91 Å². The van der Waals surface area contributed by atoms with Crippen LogP contribution in [-0.4, -0.2) is 28.2 Å². The molecule has 0 aliphatic carbocycles. The maximum Gasteiger partial charge on any atom is 0.238 e. The van der Waals surface area contributed by atoms with Crippen LogP contribution in [0.1, 0.15) is 37.6 Å². The molecule has 1 N–H and O–H groups in total. The van der Waals surface area contributed by atoms with Crippen LogP contribution in [0, 0.1) is 5.92 Å². The fourth-order valence-electron chi connectivity index (χ4n) is 3.41. The van der Waals surface area contributed by atoms with Crippen LogP contribution in [0.15, 0.2) is 22.7 Å². The van der Waals surface area contributed by atoms with Crippen LogP contribution in [0.25, 0.3) is 10.9 Å². The number of carbonyl (C=O) groups excluding carboxylic acids is 1. The topological polar surface area (TPSA) is 36.1 Å². The van der Waals surface area contributed by atoms with Gasteiger partial charge in [0.25, 0.3) is 0 Å². The van der Waals surface area contributed by atoms with E-state index in [-0.39, 0.29) is 17.8 Å². The zero-order valence-corrected chi connectivity index (χ0v) is 15.2. The first-order valence-electron chi connectivity index (χ1n) is 7.66. The molecule has 3 rings (SSSR count). The molecule has 0 radical (unpaired) electrons. The first-order valence-corrected chi connectivity index (χ1v) is 8.99. The number of fused-ring (bicyclic) bond motifs is 3. The SMILES string of the molecule is CC(C)C[C@H]1c2[nH]c3ccc(Br)cc3c2CCN1C(=O)CCl. The van der Waals surface area contributed by atoms with Gasteiger partial charge >= 0.3 is 0 Å². The minimum atomic E-state index is 0.0257. The number of amides is 1.